The minimum atomic E-state index is 0.616. The first-order valence-corrected chi connectivity index (χ1v) is 10.00. The van der Waals surface area contributed by atoms with Crippen LogP contribution in [-0.2, 0) is 0 Å². The minimum absolute atomic E-state index is 0.616. The number of imidazole rings is 1. The van der Waals surface area contributed by atoms with Gasteiger partial charge in [-0.25, -0.2) is 4.98 Å². The number of nitrogens with zero attached hydrogens (tertiary/aromatic N) is 3. The lowest BCUT2D eigenvalue weighted by Gasteiger charge is -2.10. The summed E-state index contributed by atoms with van der Waals surface area (Å²) >= 11 is 0. The number of rotatable bonds is 8. The molecule has 4 aromatic rings. The zero-order valence-electron chi connectivity index (χ0n) is 16.3. The van der Waals surface area contributed by atoms with Gasteiger partial charge >= 0.3 is 0 Å². The molecule has 0 saturated carbocycles. The van der Waals surface area contributed by atoms with E-state index in [1.807, 2.05) is 48.5 Å². The van der Waals surface area contributed by atoms with Crippen molar-refractivity contribution >= 4 is 11.0 Å². The quantitative estimate of drug-likeness (QED) is 0.344. The summed E-state index contributed by atoms with van der Waals surface area (Å²) in [5.41, 5.74) is 4.11. The predicted octanol–water partition coefficient (Wildman–Crippen LogP) is 6.16. The highest BCUT2D eigenvalue weighted by Crippen LogP contribution is 2.30. The van der Waals surface area contributed by atoms with Gasteiger partial charge in [0.1, 0.15) is 11.6 Å². The van der Waals surface area contributed by atoms with Crippen LogP contribution in [0.4, 0.5) is 0 Å². The van der Waals surface area contributed by atoms with Gasteiger partial charge in [-0.2, -0.15) is 5.26 Å². The van der Waals surface area contributed by atoms with E-state index in [0.29, 0.717) is 13.0 Å². The highest BCUT2D eigenvalue weighted by molar-refractivity contribution is 5.84. The van der Waals surface area contributed by atoms with Gasteiger partial charge in [-0.15, -0.1) is 0 Å². The monoisotopic (exact) mass is 381 g/mol. The number of benzene rings is 3. The standard InChI is InChI=1S/C25H23N3O/c26-17-9-1-2-10-18-29-22-15-16-23-24(19-22)28(21-13-7-4-8-14-21)25(27-23)20-11-5-3-6-12-20/h3-8,11-16,19H,1-2,9-10,18H2. The fraction of sp³-hybridized carbons (Fsp3) is 0.200. The first kappa shape index (κ1) is 18.8. The maximum absolute atomic E-state index is 8.62. The van der Waals surface area contributed by atoms with Crippen LogP contribution in [0.25, 0.3) is 28.1 Å². The summed E-state index contributed by atoms with van der Waals surface area (Å²) in [6.07, 6.45) is 3.51. The molecule has 0 unspecified atom stereocenters. The molecule has 3 aromatic carbocycles. The summed E-state index contributed by atoms with van der Waals surface area (Å²) < 4.78 is 8.16. The molecule has 0 aliphatic rings. The van der Waals surface area contributed by atoms with Crippen molar-refractivity contribution in [1.29, 1.82) is 5.26 Å². The Balaban J connectivity index is 1.67. The Morgan fingerprint density at radius 3 is 2.38 bits per heavy atom. The molecule has 0 spiro atoms. The Labute approximate surface area is 171 Å². The molecule has 0 amide bonds. The lowest BCUT2D eigenvalue weighted by Crippen LogP contribution is -1.99. The molecule has 0 aliphatic heterocycles. The second kappa shape index (κ2) is 9.07. The first-order valence-electron chi connectivity index (χ1n) is 10.00. The molecule has 1 aromatic heterocycles. The second-order valence-corrected chi connectivity index (χ2v) is 6.94. The van der Waals surface area contributed by atoms with Crippen molar-refractivity contribution in [3.63, 3.8) is 0 Å². The number of hydrogen-bond donors (Lipinski definition) is 0. The van der Waals surface area contributed by atoms with Crippen LogP contribution in [0.3, 0.4) is 0 Å². The molecule has 0 radical (unpaired) electrons. The number of fused-ring (bicyclic) bond motifs is 1. The highest BCUT2D eigenvalue weighted by Gasteiger charge is 2.14. The van der Waals surface area contributed by atoms with Crippen molar-refractivity contribution in [1.82, 2.24) is 9.55 Å². The van der Waals surface area contributed by atoms with Gasteiger partial charge in [-0.1, -0.05) is 48.5 Å². The lowest BCUT2D eigenvalue weighted by atomic mass is 10.2. The molecule has 4 heteroatoms. The molecule has 0 atom stereocenters. The van der Waals surface area contributed by atoms with Crippen molar-refractivity contribution in [2.75, 3.05) is 6.61 Å². The molecule has 144 valence electrons. The molecule has 1 heterocycles. The number of ether oxygens (including phenoxy) is 1. The first-order chi connectivity index (χ1) is 14.4. The highest BCUT2D eigenvalue weighted by atomic mass is 16.5. The van der Waals surface area contributed by atoms with Crippen LogP contribution in [0, 0.1) is 11.3 Å². The molecule has 29 heavy (non-hydrogen) atoms. The minimum Gasteiger partial charge on any atom is -0.494 e. The third-order valence-corrected chi connectivity index (χ3v) is 4.87. The third kappa shape index (κ3) is 4.30. The van der Waals surface area contributed by atoms with Gasteiger partial charge in [0.15, 0.2) is 0 Å². The normalized spacial score (nSPS) is 10.7. The van der Waals surface area contributed by atoms with Gasteiger partial charge < -0.3 is 4.74 Å². The van der Waals surface area contributed by atoms with Gasteiger partial charge in [0.05, 0.1) is 23.7 Å². The van der Waals surface area contributed by atoms with E-state index in [4.69, 9.17) is 15.0 Å². The average molecular weight is 381 g/mol. The second-order valence-electron chi connectivity index (χ2n) is 6.94. The molecule has 0 fully saturated rings. The van der Waals surface area contributed by atoms with Crippen LogP contribution < -0.4 is 4.74 Å². The fourth-order valence-corrected chi connectivity index (χ4v) is 3.44. The summed E-state index contributed by atoms with van der Waals surface area (Å²) in [7, 11) is 0. The number of nitriles is 1. The molecule has 0 bridgehead atoms. The van der Waals surface area contributed by atoms with Crippen LogP contribution in [0.5, 0.6) is 5.75 Å². The van der Waals surface area contributed by atoms with Crippen molar-refractivity contribution in [2.24, 2.45) is 0 Å². The SMILES string of the molecule is N#CCCCCCOc1ccc2nc(-c3ccccc3)n(-c3ccccc3)c2c1. The Morgan fingerprint density at radius 2 is 1.62 bits per heavy atom. The van der Waals surface area contributed by atoms with Crippen LogP contribution in [0.1, 0.15) is 25.7 Å². The molecular formula is C25H23N3O. The largest absolute Gasteiger partial charge is 0.494 e. The van der Waals surface area contributed by atoms with Crippen molar-refractivity contribution in [3.05, 3.63) is 78.9 Å². The number of para-hydroxylation sites is 1. The van der Waals surface area contributed by atoms with Gasteiger partial charge in [0.25, 0.3) is 0 Å². The molecule has 0 aliphatic carbocycles. The van der Waals surface area contributed by atoms with Gasteiger partial charge in [0.2, 0.25) is 0 Å². The third-order valence-electron chi connectivity index (χ3n) is 4.87. The van der Waals surface area contributed by atoms with Crippen molar-refractivity contribution < 1.29 is 4.74 Å². The zero-order chi connectivity index (χ0) is 19.9. The number of aromatic nitrogens is 2. The Bertz CT molecular complexity index is 1110. The number of hydrogen-bond acceptors (Lipinski definition) is 3. The summed E-state index contributed by atoms with van der Waals surface area (Å²) in [5, 5.41) is 8.62. The molecule has 4 rings (SSSR count). The van der Waals surface area contributed by atoms with E-state index in [9.17, 15) is 0 Å². The average Bonchev–Trinajstić information content (AvgIpc) is 3.16. The van der Waals surface area contributed by atoms with Crippen LogP contribution in [0.2, 0.25) is 0 Å². The summed E-state index contributed by atoms with van der Waals surface area (Å²) in [4.78, 5) is 4.91. The number of unbranched alkanes of at least 4 members (excludes halogenated alkanes) is 3. The van der Waals surface area contributed by atoms with Crippen molar-refractivity contribution in [3.8, 4) is 28.9 Å². The summed E-state index contributed by atoms with van der Waals surface area (Å²) in [6.45, 7) is 0.655. The van der Waals surface area contributed by atoms with E-state index in [0.717, 1.165) is 53.1 Å². The molecule has 0 N–H and O–H groups in total. The van der Waals surface area contributed by atoms with E-state index >= 15 is 0 Å². The van der Waals surface area contributed by atoms with Crippen LogP contribution in [-0.4, -0.2) is 16.2 Å². The summed E-state index contributed by atoms with van der Waals surface area (Å²) in [6, 6.07) is 28.8. The fourth-order valence-electron chi connectivity index (χ4n) is 3.44. The van der Waals surface area contributed by atoms with E-state index in [-0.39, 0.29) is 0 Å². The van der Waals surface area contributed by atoms with Gasteiger partial charge in [0, 0.05) is 23.7 Å². The lowest BCUT2D eigenvalue weighted by molar-refractivity contribution is 0.306. The molecule has 4 nitrogen and oxygen atoms in total. The topological polar surface area (TPSA) is 50.8 Å². The van der Waals surface area contributed by atoms with E-state index in [1.165, 1.54) is 0 Å². The Hall–Kier alpha value is -3.58. The van der Waals surface area contributed by atoms with Gasteiger partial charge in [-0.05, 0) is 43.5 Å². The Morgan fingerprint density at radius 1 is 0.862 bits per heavy atom. The smallest absolute Gasteiger partial charge is 0.145 e. The van der Waals surface area contributed by atoms with E-state index in [1.54, 1.807) is 0 Å². The summed E-state index contributed by atoms with van der Waals surface area (Å²) in [5.74, 6) is 1.76. The molecular weight excluding hydrogens is 358 g/mol. The van der Waals surface area contributed by atoms with Gasteiger partial charge in [-0.3, -0.25) is 4.57 Å². The van der Waals surface area contributed by atoms with Crippen molar-refractivity contribution in [2.45, 2.75) is 25.7 Å². The predicted molar refractivity (Wildman–Crippen MR) is 116 cm³/mol. The van der Waals surface area contributed by atoms with E-state index in [2.05, 4.69) is 41.0 Å². The maximum atomic E-state index is 8.62. The van der Waals surface area contributed by atoms with E-state index < -0.39 is 0 Å². The zero-order valence-corrected chi connectivity index (χ0v) is 16.3. The van der Waals surface area contributed by atoms with Crippen LogP contribution >= 0.6 is 0 Å². The Kier molecular flexibility index (Phi) is 5.87. The maximum Gasteiger partial charge on any atom is 0.145 e. The van der Waals surface area contributed by atoms with Crippen LogP contribution in [0.15, 0.2) is 78.9 Å². The molecule has 0 saturated heterocycles.